The number of hydrogen-bond acceptors (Lipinski definition) is 4. The Morgan fingerprint density at radius 1 is 1.56 bits per heavy atom. The number of benzene rings is 1. The Bertz CT molecular complexity index is 488. The Morgan fingerprint density at radius 2 is 2.17 bits per heavy atom. The van der Waals surface area contributed by atoms with Gasteiger partial charge in [-0.2, -0.15) is 0 Å². The molecule has 0 radical (unpaired) electrons. The van der Waals surface area contributed by atoms with Crippen molar-refractivity contribution in [1.29, 1.82) is 0 Å². The van der Waals surface area contributed by atoms with E-state index in [1.54, 1.807) is 13.8 Å². The molecule has 1 aromatic rings. The molecule has 18 heavy (non-hydrogen) atoms. The number of nitrogens with zero attached hydrogens (tertiary/aromatic N) is 1. The Hall–Kier alpha value is -1.82. The maximum absolute atomic E-state index is 10.8. The van der Waals surface area contributed by atoms with Gasteiger partial charge in [0.2, 0.25) is 0 Å². The molecular formula is C11H13ClN2O4. The second-order valence-corrected chi connectivity index (χ2v) is 4.93. The third-order valence-electron chi connectivity index (χ3n) is 2.22. The summed E-state index contributed by atoms with van der Waals surface area (Å²) in [6, 6.07) is 4.10. The van der Waals surface area contributed by atoms with Crippen LogP contribution in [0, 0.1) is 10.1 Å². The number of aliphatic carboxylic acids is 1. The molecule has 0 bridgehead atoms. The van der Waals surface area contributed by atoms with Crippen molar-refractivity contribution in [3.05, 3.63) is 33.3 Å². The average Bonchev–Trinajstić information content (AvgIpc) is 2.13. The summed E-state index contributed by atoms with van der Waals surface area (Å²) in [5.74, 6) is -0.989. The minimum absolute atomic E-state index is 0.141. The first kappa shape index (κ1) is 14.2. The second kappa shape index (κ2) is 5.22. The summed E-state index contributed by atoms with van der Waals surface area (Å²) in [6.45, 7) is 3.29. The highest BCUT2D eigenvalue weighted by Crippen LogP contribution is 2.30. The molecule has 0 unspecified atom stereocenters. The lowest BCUT2D eigenvalue weighted by atomic mass is 10.00. The van der Waals surface area contributed by atoms with E-state index < -0.39 is 16.4 Å². The van der Waals surface area contributed by atoms with Gasteiger partial charge < -0.3 is 10.4 Å². The van der Waals surface area contributed by atoms with Crippen molar-refractivity contribution in [2.45, 2.75) is 25.8 Å². The third-order valence-corrected chi connectivity index (χ3v) is 2.46. The number of nitro benzene ring substituents is 1. The molecule has 7 heteroatoms. The van der Waals surface area contributed by atoms with Crippen LogP contribution in [-0.2, 0) is 4.79 Å². The van der Waals surface area contributed by atoms with E-state index in [2.05, 4.69) is 5.32 Å². The summed E-state index contributed by atoms with van der Waals surface area (Å²) in [6.07, 6.45) is -0.170. The Kier molecular flexibility index (Phi) is 4.13. The average molecular weight is 273 g/mol. The molecule has 0 aliphatic heterocycles. The van der Waals surface area contributed by atoms with Crippen LogP contribution in [0.4, 0.5) is 11.4 Å². The highest BCUT2D eigenvalue weighted by Gasteiger charge is 2.25. The maximum Gasteiger partial charge on any atom is 0.305 e. The highest BCUT2D eigenvalue weighted by molar-refractivity contribution is 6.31. The van der Waals surface area contributed by atoms with Gasteiger partial charge >= 0.3 is 5.97 Å². The summed E-state index contributed by atoms with van der Waals surface area (Å²) in [4.78, 5) is 21.0. The SMILES string of the molecule is CC(C)(CC(=O)O)Nc1cc(Cl)ccc1[N+](=O)[O-]. The molecule has 0 aliphatic rings. The van der Waals surface area contributed by atoms with Gasteiger partial charge in [0.25, 0.3) is 5.69 Å². The lowest BCUT2D eigenvalue weighted by Crippen LogP contribution is -2.33. The molecule has 0 fully saturated rings. The minimum Gasteiger partial charge on any atom is -0.481 e. The number of carboxylic acid groups (broad SMARTS) is 1. The minimum atomic E-state index is -0.989. The topological polar surface area (TPSA) is 92.5 Å². The second-order valence-electron chi connectivity index (χ2n) is 4.50. The molecule has 0 aromatic heterocycles. The van der Waals surface area contributed by atoms with E-state index in [4.69, 9.17) is 16.7 Å². The summed E-state index contributed by atoms with van der Waals surface area (Å²) >= 11 is 5.78. The van der Waals surface area contributed by atoms with Gasteiger partial charge in [-0.3, -0.25) is 14.9 Å². The third kappa shape index (κ3) is 3.89. The lowest BCUT2D eigenvalue weighted by Gasteiger charge is -2.25. The van der Waals surface area contributed by atoms with Gasteiger partial charge in [0.1, 0.15) is 5.69 Å². The van der Waals surface area contributed by atoms with Gasteiger partial charge in [-0.05, 0) is 26.0 Å². The molecule has 0 aliphatic carbocycles. The van der Waals surface area contributed by atoms with Crippen LogP contribution in [0.5, 0.6) is 0 Å². The van der Waals surface area contributed by atoms with Gasteiger partial charge in [0, 0.05) is 16.6 Å². The van der Waals surface area contributed by atoms with Crippen molar-refractivity contribution in [3.8, 4) is 0 Å². The smallest absolute Gasteiger partial charge is 0.305 e. The summed E-state index contributed by atoms with van der Waals surface area (Å²) < 4.78 is 0. The van der Waals surface area contributed by atoms with Crippen molar-refractivity contribution >= 4 is 28.9 Å². The fourth-order valence-corrected chi connectivity index (χ4v) is 1.73. The van der Waals surface area contributed by atoms with Crippen LogP contribution in [0.15, 0.2) is 18.2 Å². The molecule has 0 atom stereocenters. The normalized spacial score (nSPS) is 11.1. The van der Waals surface area contributed by atoms with Crippen LogP contribution >= 0.6 is 11.6 Å². The first-order valence-electron chi connectivity index (χ1n) is 5.15. The summed E-state index contributed by atoms with van der Waals surface area (Å²) in [7, 11) is 0. The molecule has 0 saturated carbocycles. The molecule has 6 nitrogen and oxygen atoms in total. The number of hydrogen-bond donors (Lipinski definition) is 2. The van der Waals surface area contributed by atoms with E-state index in [0.717, 1.165) is 0 Å². The largest absolute Gasteiger partial charge is 0.481 e. The standard InChI is InChI=1S/C11H13ClN2O4/c1-11(2,6-10(15)16)13-8-5-7(12)3-4-9(8)14(17)18/h3-5,13H,6H2,1-2H3,(H,15,16). The van der Waals surface area contributed by atoms with E-state index >= 15 is 0 Å². The van der Waals surface area contributed by atoms with Crippen LogP contribution in [0.25, 0.3) is 0 Å². The van der Waals surface area contributed by atoms with Crippen LogP contribution in [0.2, 0.25) is 5.02 Å². The number of rotatable bonds is 5. The number of carbonyl (C=O) groups is 1. The lowest BCUT2D eigenvalue weighted by molar-refractivity contribution is -0.384. The maximum atomic E-state index is 10.8. The Morgan fingerprint density at radius 3 is 2.67 bits per heavy atom. The molecule has 1 rings (SSSR count). The number of nitrogens with one attached hydrogen (secondary N) is 1. The fourth-order valence-electron chi connectivity index (χ4n) is 1.55. The van der Waals surface area contributed by atoms with Gasteiger partial charge in [-0.1, -0.05) is 11.6 Å². The van der Waals surface area contributed by atoms with Crippen LogP contribution in [0.1, 0.15) is 20.3 Å². The van der Waals surface area contributed by atoms with Gasteiger partial charge in [-0.15, -0.1) is 0 Å². The van der Waals surface area contributed by atoms with E-state index in [9.17, 15) is 14.9 Å². The zero-order valence-electron chi connectivity index (χ0n) is 9.94. The van der Waals surface area contributed by atoms with Crippen molar-refractivity contribution in [3.63, 3.8) is 0 Å². The van der Waals surface area contributed by atoms with E-state index in [1.807, 2.05) is 0 Å². The van der Waals surface area contributed by atoms with Crippen LogP contribution in [-0.4, -0.2) is 21.5 Å². The quantitative estimate of drug-likeness (QED) is 0.635. The first-order valence-corrected chi connectivity index (χ1v) is 5.53. The Balaban J connectivity index is 3.05. The zero-order chi connectivity index (χ0) is 13.9. The zero-order valence-corrected chi connectivity index (χ0v) is 10.7. The molecule has 0 amide bonds. The van der Waals surface area contributed by atoms with Crippen molar-refractivity contribution in [2.24, 2.45) is 0 Å². The van der Waals surface area contributed by atoms with Gasteiger partial charge in [0.05, 0.1) is 11.3 Å². The van der Waals surface area contributed by atoms with Gasteiger partial charge in [0.15, 0.2) is 0 Å². The molecule has 0 spiro atoms. The molecule has 0 saturated heterocycles. The van der Waals surface area contributed by atoms with Crippen molar-refractivity contribution in [2.75, 3.05) is 5.32 Å². The number of halogens is 1. The molecular weight excluding hydrogens is 260 g/mol. The monoisotopic (exact) mass is 272 g/mol. The van der Waals surface area contributed by atoms with Crippen LogP contribution < -0.4 is 5.32 Å². The van der Waals surface area contributed by atoms with Crippen molar-refractivity contribution in [1.82, 2.24) is 0 Å². The number of carboxylic acids is 1. The number of nitro groups is 1. The predicted molar refractivity (Wildman–Crippen MR) is 68.1 cm³/mol. The Labute approximate surface area is 109 Å². The number of anilines is 1. The molecule has 1 aromatic carbocycles. The molecule has 2 N–H and O–H groups in total. The highest BCUT2D eigenvalue weighted by atomic mass is 35.5. The first-order chi connectivity index (χ1) is 8.21. The van der Waals surface area contributed by atoms with Gasteiger partial charge in [-0.25, -0.2) is 0 Å². The summed E-state index contributed by atoms with van der Waals surface area (Å²) in [5.41, 5.74) is -0.752. The van der Waals surface area contributed by atoms with E-state index in [1.165, 1.54) is 18.2 Å². The fraction of sp³-hybridized carbons (Fsp3) is 0.364. The van der Waals surface area contributed by atoms with E-state index in [-0.39, 0.29) is 17.8 Å². The van der Waals surface area contributed by atoms with Crippen LogP contribution in [0.3, 0.4) is 0 Å². The molecule has 98 valence electrons. The predicted octanol–water partition coefficient (Wildman–Crippen LogP) is 2.91. The summed E-state index contributed by atoms with van der Waals surface area (Å²) in [5, 5.41) is 22.8. The van der Waals surface area contributed by atoms with E-state index in [0.29, 0.717) is 5.02 Å². The van der Waals surface area contributed by atoms with Crippen molar-refractivity contribution < 1.29 is 14.8 Å². The molecule has 0 heterocycles.